The number of H-pyrrole nitrogens is 1. The van der Waals surface area contributed by atoms with Crippen molar-refractivity contribution in [2.45, 2.75) is 6.92 Å². The molecule has 0 atom stereocenters. The van der Waals surface area contributed by atoms with Crippen molar-refractivity contribution in [2.24, 2.45) is 0 Å². The fraction of sp³-hybridized carbons (Fsp3) is 0.143. The van der Waals surface area contributed by atoms with Gasteiger partial charge in [-0.3, -0.25) is 5.10 Å². The van der Waals surface area contributed by atoms with E-state index in [1.54, 1.807) is 13.2 Å². The Morgan fingerprint density at radius 2 is 2.19 bits per heavy atom. The van der Waals surface area contributed by atoms with Gasteiger partial charge in [0.25, 0.3) is 0 Å². The summed E-state index contributed by atoms with van der Waals surface area (Å²) in [6, 6.07) is 5.12. The molecule has 0 unspecified atom stereocenters. The minimum atomic E-state index is -1.06. The van der Waals surface area contributed by atoms with E-state index in [0.29, 0.717) is 17.0 Å². The SMILES string of the molecule is COc1cc(-c2cc(C(=O)O)[nH]n2)c(Br)c2cc(C)oc12. The summed E-state index contributed by atoms with van der Waals surface area (Å²) in [7, 11) is 1.55. The van der Waals surface area contributed by atoms with E-state index in [1.807, 2.05) is 13.0 Å². The van der Waals surface area contributed by atoms with Crippen molar-refractivity contribution in [3.05, 3.63) is 34.1 Å². The van der Waals surface area contributed by atoms with E-state index in [0.717, 1.165) is 21.2 Å². The van der Waals surface area contributed by atoms with Gasteiger partial charge in [0.1, 0.15) is 11.5 Å². The van der Waals surface area contributed by atoms with Gasteiger partial charge in [-0.1, -0.05) is 0 Å². The highest BCUT2D eigenvalue weighted by Crippen LogP contribution is 2.41. The molecule has 21 heavy (non-hydrogen) atoms. The Hall–Kier alpha value is -2.28. The standard InChI is InChI=1S/C14H11BrN2O4/c1-6-3-8-12(15)7(4-11(20-2)13(8)21-6)9-5-10(14(18)19)17-16-9/h3-5H,1-2H3,(H,16,17)(H,18,19). The van der Waals surface area contributed by atoms with Crippen LogP contribution in [0.15, 0.2) is 27.1 Å². The summed E-state index contributed by atoms with van der Waals surface area (Å²) >= 11 is 3.52. The lowest BCUT2D eigenvalue weighted by Crippen LogP contribution is -1.95. The highest BCUT2D eigenvalue weighted by Gasteiger charge is 2.18. The highest BCUT2D eigenvalue weighted by molar-refractivity contribution is 9.10. The minimum absolute atomic E-state index is 0.0272. The first-order chi connectivity index (χ1) is 10.0. The molecule has 3 rings (SSSR count). The van der Waals surface area contributed by atoms with Crippen LogP contribution in [0.3, 0.4) is 0 Å². The number of fused-ring (bicyclic) bond motifs is 1. The van der Waals surface area contributed by atoms with Gasteiger partial charge in [-0.15, -0.1) is 0 Å². The normalized spacial score (nSPS) is 11.0. The fourth-order valence-electron chi connectivity index (χ4n) is 2.17. The molecule has 0 aliphatic carbocycles. The quantitative estimate of drug-likeness (QED) is 0.753. The van der Waals surface area contributed by atoms with Gasteiger partial charge in [0, 0.05) is 15.4 Å². The number of carbonyl (C=O) groups is 1. The van der Waals surface area contributed by atoms with Gasteiger partial charge < -0.3 is 14.3 Å². The zero-order chi connectivity index (χ0) is 15.1. The Bertz CT molecular complexity index is 850. The number of nitrogens with one attached hydrogen (secondary N) is 1. The summed E-state index contributed by atoms with van der Waals surface area (Å²) in [5.41, 5.74) is 1.90. The lowest BCUT2D eigenvalue weighted by molar-refractivity contribution is 0.0690. The fourth-order valence-corrected chi connectivity index (χ4v) is 2.78. The number of ether oxygens (including phenoxy) is 1. The van der Waals surface area contributed by atoms with Crippen molar-refractivity contribution < 1.29 is 19.1 Å². The van der Waals surface area contributed by atoms with Crippen LogP contribution in [-0.4, -0.2) is 28.4 Å². The first-order valence-corrected chi connectivity index (χ1v) is 6.86. The van der Waals surface area contributed by atoms with Gasteiger partial charge in [-0.2, -0.15) is 5.10 Å². The van der Waals surface area contributed by atoms with E-state index in [1.165, 1.54) is 6.07 Å². The second-order valence-corrected chi connectivity index (χ2v) is 5.31. The van der Waals surface area contributed by atoms with Crippen LogP contribution in [0.4, 0.5) is 0 Å². The van der Waals surface area contributed by atoms with Gasteiger partial charge in [0.05, 0.1) is 12.8 Å². The van der Waals surface area contributed by atoms with Crippen molar-refractivity contribution in [1.29, 1.82) is 0 Å². The molecule has 0 bridgehead atoms. The Morgan fingerprint density at radius 3 is 2.81 bits per heavy atom. The van der Waals surface area contributed by atoms with Crippen LogP contribution in [0.1, 0.15) is 16.2 Å². The van der Waals surface area contributed by atoms with Crippen molar-refractivity contribution in [3.63, 3.8) is 0 Å². The molecule has 0 amide bonds. The van der Waals surface area contributed by atoms with Crippen LogP contribution in [0.2, 0.25) is 0 Å². The van der Waals surface area contributed by atoms with Crippen LogP contribution in [0.25, 0.3) is 22.2 Å². The molecule has 2 heterocycles. The average molecular weight is 351 g/mol. The number of aryl methyl sites for hydroxylation is 1. The maximum Gasteiger partial charge on any atom is 0.353 e. The second-order valence-electron chi connectivity index (χ2n) is 4.51. The number of furan rings is 1. The average Bonchev–Trinajstić information content (AvgIpc) is 3.06. The summed E-state index contributed by atoms with van der Waals surface area (Å²) in [6.07, 6.45) is 0. The first kappa shape index (κ1) is 13.7. The topological polar surface area (TPSA) is 88.4 Å². The molecule has 7 heteroatoms. The predicted octanol–water partition coefficient (Wildman–Crippen LogP) is 3.60. The molecule has 0 fully saturated rings. The third-order valence-corrected chi connectivity index (χ3v) is 3.99. The minimum Gasteiger partial charge on any atom is -0.493 e. The van der Waals surface area contributed by atoms with Crippen LogP contribution in [-0.2, 0) is 0 Å². The number of aromatic nitrogens is 2. The molecule has 6 nitrogen and oxygen atoms in total. The van der Waals surface area contributed by atoms with E-state index >= 15 is 0 Å². The third-order valence-electron chi connectivity index (χ3n) is 3.13. The lowest BCUT2D eigenvalue weighted by Gasteiger charge is -2.06. The lowest BCUT2D eigenvalue weighted by atomic mass is 10.1. The Labute approximate surface area is 127 Å². The van der Waals surface area contributed by atoms with E-state index in [9.17, 15) is 4.79 Å². The van der Waals surface area contributed by atoms with Gasteiger partial charge >= 0.3 is 5.97 Å². The van der Waals surface area contributed by atoms with E-state index in [4.69, 9.17) is 14.3 Å². The Balaban J connectivity index is 2.26. The summed E-state index contributed by atoms with van der Waals surface area (Å²) in [4.78, 5) is 10.9. The monoisotopic (exact) mass is 350 g/mol. The zero-order valence-electron chi connectivity index (χ0n) is 11.2. The molecule has 0 saturated heterocycles. The maximum absolute atomic E-state index is 10.9. The maximum atomic E-state index is 10.9. The summed E-state index contributed by atoms with van der Waals surface area (Å²) < 4.78 is 11.7. The van der Waals surface area contributed by atoms with Gasteiger partial charge in [-0.05, 0) is 41.1 Å². The number of nitrogens with zero attached hydrogens (tertiary/aromatic N) is 1. The Kier molecular flexibility index (Phi) is 3.21. The van der Waals surface area contributed by atoms with Gasteiger partial charge in [0.15, 0.2) is 11.3 Å². The number of methoxy groups -OCH3 is 1. The molecular weight excluding hydrogens is 340 g/mol. The van der Waals surface area contributed by atoms with Crippen molar-refractivity contribution in [3.8, 4) is 17.0 Å². The van der Waals surface area contributed by atoms with E-state index in [2.05, 4.69) is 26.1 Å². The van der Waals surface area contributed by atoms with E-state index < -0.39 is 5.97 Å². The highest BCUT2D eigenvalue weighted by atomic mass is 79.9. The number of halogens is 1. The van der Waals surface area contributed by atoms with Crippen LogP contribution >= 0.6 is 15.9 Å². The summed E-state index contributed by atoms with van der Waals surface area (Å²) in [6.45, 7) is 1.85. The smallest absolute Gasteiger partial charge is 0.353 e. The number of aromatic carboxylic acids is 1. The molecule has 0 radical (unpaired) electrons. The molecule has 0 aliphatic rings. The molecule has 108 valence electrons. The molecular formula is C14H11BrN2O4. The summed E-state index contributed by atoms with van der Waals surface area (Å²) in [5, 5.41) is 16.3. The molecule has 1 aromatic carbocycles. The van der Waals surface area contributed by atoms with Crippen molar-refractivity contribution >= 4 is 32.9 Å². The van der Waals surface area contributed by atoms with E-state index in [-0.39, 0.29) is 5.69 Å². The zero-order valence-corrected chi connectivity index (χ0v) is 12.8. The predicted molar refractivity (Wildman–Crippen MR) is 79.7 cm³/mol. The number of aromatic amines is 1. The summed E-state index contributed by atoms with van der Waals surface area (Å²) in [5.74, 6) is 0.266. The Morgan fingerprint density at radius 1 is 1.43 bits per heavy atom. The number of carboxylic acid groups (broad SMARTS) is 1. The van der Waals surface area contributed by atoms with Crippen molar-refractivity contribution in [1.82, 2.24) is 10.2 Å². The van der Waals surface area contributed by atoms with Crippen LogP contribution in [0, 0.1) is 6.92 Å². The van der Waals surface area contributed by atoms with Gasteiger partial charge in [-0.25, -0.2) is 4.79 Å². The molecule has 0 aliphatic heterocycles. The molecule has 2 aromatic heterocycles. The number of hydrogen-bond donors (Lipinski definition) is 2. The number of rotatable bonds is 3. The number of carboxylic acids is 1. The molecule has 3 aromatic rings. The second kappa shape index (κ2) is 4.92. The van der Waals surface area contributed by atoms with Crippen LogP contribution in [0.5, 0.6) is 5.75 Å². The number of benzene rings is 1. The van der Waals surface area contributed by atoms with Crippen LogP contribution < -0.4 is 4.74 Å². The molecule has 0 spiro atoms. The number of hydrogen-bond acceptors (Lipinski definition) is 4. The first-order valence-electron chi connectivity index (χ1n) is 6.07. The molecule has 0 saturated carbocycles. The largest absolute Gasteiger partial charge is 0.493 e. The third kappa shape index (κ3) is 2.19. The van der Waals surface area contributed by atoms with Crippen molar-refractivity contribution in [2.75, 3.05) is 7.11 Å². The van der Waals surface area contributed by atoms with Gasteiger partial charge in [0.2, 0.25) is 0 Å². The molecule has 2 N–H and O–H groups in total.